The summed E-state index contributed by atoms with van der Waals surface area (Å²) in [6, 6.07) is 7.43. The average Bonchev–Trinajstić information content (AvgIpc) is 2.95. The quantitative estimate of drug-likeness (QED) is 0.395. The molecule has 3 nitrogen and oxygen atoms in total. The average molecular weight is 202 g/mol. The topological polar surface area (TPSA) is 43.4 Å². The maximum absolute atomic E-state index is 11.7. The smallest absolute Gasteiger partial charge is 0.325 e. The maximum Gasteiger partial charge on any atom is 0.325 e. The lowest BCUT2D eigenvalue weighted by atomic mass is 9.93. The van der Waals surface area contributed by atoms with E-state index in [4.69, 9.17) is 4.74 Å². The van der Waals surface area contributed by atoms with Gasteiger partial charge in [-0.1, -0.05) is 18.2 Å². The minimum atomic E-state index is -0.853. The minimum Gasteiger partial charge on any atom is -0.425 e. The van der Waals surface area contributed by atoms with Crippen LogP contribution in [0.15, 0.2) is 24.3 Å². The summed E-state index contributed by atoms with van der Waals surface area (Å²) in [6.07, 6.45) is 0.609. The lowest BCUT2D eigenvalue weighted by Gasteiger charge is -2.20. The molecular weight excluding hydrogens is 192 g/mol. The molecule has 0 saturated heterocycles. The van der Waals surface area contributed by atoms with Crippen molar-refractivity contribution in [2.24, 2.45) is 5.41 Å². The first kappa shape index (κ1) is 8.65. The van der Waals surface area contributed by atoms with E-state index >= 15 is 0 Å². The lowest BCUT2D eigenvalue weighted by molar-refractivity contribution is -0.146. The van der Waals surface area contributed by atoms with Crippen LogP contribution in [0.25, 0.3) is 0 Å². The summed E-state index contributed by atoms with van der Waals surface area (Å²) in [7, 11) is 0. The first-order valence-electron chi connectivity index (χ1n) is 4.98. The Labute approximate surface area is 87.0 Å². The molecule has 1 fully saturated rings. The predicted molar refractivity (Wildman–Crippen MR) is 52.5 cm³/mol. The summed E-state index contributed by atoms with van der Waals surface area (Å²) >= 11 is 0. The fourth-order valence-electron chi connectivity index (χ4n) is 2.45. The third-order valence-electron chi connectivity index (χ3n) is 3.45. The molecule has 1 aromatic rings. The van der Waals surface area contributed by atoms with Crippen molar-refractivity contribution in [3.05, 3.63) is 29.8 Å². The number of esters is 1. The summed E-state index contributed by atoms with van der Waals surface area (Å²) < 4.78 is 5.19. The molecule has 0 spiro atoms. The van der Waals surface area contributed by atoms with Crippen molar-refractivity contribution >= 4 is 11.8 Å². The molecule has 0 radical (unpaired) electrons. The first-order chi connectivity index (χ1) is 7.16. The number of carbonyl (C=O) groups is 2. The van der Waals surface area contributed by atoms with E-state index in [1.54, 1.807) is 6.07 Å². The number of rotatable bonds is 1. The van der Waals surface area contributed by atoms with Gasteiger partial charge in [-0.25, -0.2) is 0 Å². The molecular formula is C12H10O3. The lowest BCUT2D eigenvalue weighted by Crippen LogP contribution is -2.32. The third-order valence-corrected chi connectivity index (χ3v) is 3.45. The van der Waals surface area contributed by atoms with Crippen LogP contribution in [-0.2, 0) is 9.59 Å². The Morgan fingerprint density at radius 2 is 2.20 bits per heavy atom. The molecule has 1 aliphatic carbocycles. The fraction of sp³-hybridized carbons (Fsp3) is 0.333. The van der Waals surface area contributed by atoms with Gasteiger partial charge in [0.25, 0.3) is 0 Å². The van der Waals surface area contributed by atoms with Gasteiger partial charge in [-0.15, -0.1) is 0 Å². The molecule has 0 unspecified atom stereocenters. The highest BCUT2D eigenvalue weighted by atomic mass is 16.5. The molecule has 2 aliphatic rings. The highest BCUT2D eigenvalue weighted by Gasteiger charge is 2.68. The van der Waals surface area contributed by atoms with E-state index in [1.807, 2.05) is 18.2 Å². The van der Waals surface area contributed by atoms with Gasteiger partial charge in [0.2, 0.25) is 0 Å². The van der Waals surface area contributed by atoms with Crippen molar-refractivity contribution in [3.63, 3.8) is 0 Å². The Balaban J connectivity index is 2.14. The van der Waals surface area contributed by atoms with Gasteiger partial charge in [-0.3, -0.25) is 9.59 Å². The molecule has 76 valence electrons. The number of fused-ring (bicyclic) bond motifs is 3. The van der Waals surface area contributed by atoms with Crippen LogP contribution in [0.3, 0.4) is 0 Å². The summed E-state index contributed by atoms with van der Waals surface area (Å²) in [5, 5.41) is 0. The summed E-state index contributed by atoms with van der Waals surface area (Å²) in [5.41, 5.74) is 0.140. The van der Waals surface area contributed by atoms with Crippen LogP contribution in [-0.4, -0.2) is 11.8 Å². The highest BCUT2D eigenvalue weighted by Crippen LogP contribution is 2.64. The van der Waals surface area contributed by atoms with Gasteiger partial charge in [-0.05, 0) is 25.0 Å². The number of ketones is 1. The van der Waals surface area contributed by atoms with Crippen molar-refractivity contribution in [2.45, 2.75) is 19.3 Å². The molecule has 3 rings (SSSR count). The van der Waals surface area contributed by atoms with Crippen LogP contribution in [0.4, 0.5) is 0 Å². The van der Waals surface area contributed by atoms with Gasteiger partial charge in [0.15, 0.2) is 0 Å². The van der Waals surface area contributed by atoms with Crippen molar-refractivity contribution < 1.29 is 14.3 Å². The minimum absolute atomic E-state index is 0.0486. The summed E-state index contributed by atoms with van der Waals surface area (Å²) in [6.45, 7) is 1.47. The van der Waals surface area contributed by atoms with E-state index in [-0.39, 0.29) is 17.7 Å². The summed E-state index contributed by atoms with van der Waals surface area (Å²) in [4.78, 5) is 23.2. The largest absolute Gasteiger partial charge is 0.425 e. The number of ether oxygens (including phenoxy) is 1. The van der Waals surface area contributed by atoms with Crippen molar-refractivity contribution in [2.75, 3.05) is 0 Å². The Morgan fingerprint density at radius 1 is 1.47 bits per heavy atom. The van der Waals surface area contributed by atoms with Crippen LogP contribution < -0.4 is 4.74 Å². The molecule has 1 aliphatic heterocycles. The Kier molecular flexibility index (Phi) is 1.43. The van der Waals surface area contributed by atoms with Crippen LogP contribution in [0.1, 0.15) is 24.8 Å². The number of benzene rings is 1. The van der Waals surface area contributed by atoms with E-state index in [2.05, 4.69) is 0 Å². The van der Waals surface area contributed by atoms with Gasteiger partial charge in [0.1, 0.15) is 16.9 Å². The molecule has 15 heavy (non-hydrogen) atoms. The van der Waals surface area contributed by atoms with E-state index < -0.39 is 5.41 Å². The first-order valence-corrected chi connectivity index (χ1v) is 4.98. The van der Waals surface area contributed by atoms with Crippen molar-refractivity contribution in [3.8, 4) is 5.75 Å². The molecule has 0 amide bonds. The number of hydrogen-bond acceptors (Lipinski definition) is 3. The fourth-order valence-corrected chi connectivity index (χ4v) is 2.45. The zero-order chi connectivity index (χ0) is 10.6. The van der Waals surface area contributed by atoms with E-state index in [0.29, 0.717) is 12.2 Å². The molecule has 2 atom stereocenters. The molecule has 1 aromatic carbocycles. The molecule has 0 aromatic heterocycles. The Morgan fingerprint density at radius 3 is 2.93 bits per heavy atom. The van der Waals surface area contributed by atoms with Crippen molar-refractivity contribution in [1.82, 2.24) is 0 Å². The zero-order valence-electron chi connectivity index (χ0n) is 8.32. The number of para-hydroxylation sites is 1. The Hall–Kier alpha value is -1.64. The number of Topliss-reactive ketones (excluding diaryl/α,β-unsaturated/α-hetero) is 1. The second-order valence-corrected chi connectivity index (χ2v) is 4.21. The molecule has 1 heterocycles. The van der Waals surface area contributed by atoms with Gasteiger partial charge in [0, 0.05) is 5.92 Å². The van der Waals surface area contributed by atoms with Crippen molar-refractivity contribution in [1.29, 1.82) is 0 Å². The van der Waals surface area contributed by atoms with Gasteiger partial charge < -0.3 is 4.74 Å². The molecule has 3 heteroatoms. The second-order valence-electron chi connectivity index (χ2n) is 4.21. The molecule has 0 N–H and O–H groups in total. The molecule has 0 bridgehead atoms. The SMILES string of the molecule is CC(=O)[C@@]12C[C@@H]1c1ccccc1OC2=O. The maximum atomic E-state index is 11.7. The van der Waals surface area contributed by atoms with E-state index in [9.17, 15) is 9.59 Å². The predicted octanol–water partition coefficient (Wildman–Crippen LogP) is 1.67. The van der Waals surface area contributed by atoms with Gasteiger partial charge in [-0.2, -0.15) is 0 Å². The molecule has 1 saturated carbocycles. The van der Waals surface area contributed by atoms with Gasteiger partial charge in [0.05, 0.1) is 0 Å². The normalized spacial score (nSPS) is 31.3. The highest BCUT2D eigenvalue weighted by molar-refractivity contribution is 6.09. The third kappa shape index (κ3) is 0.902. The summed E-state index contributed by atoms with van der Waals surface area (Å²) in [5.74, 6) is 0.208. The standard InChI is InChI=1S/C12H10O3/c1-7(13)12-6-9(12)8-4-2-3-5-10(8)15-11(12)14/h2-5,9H,6H2,1H3/t9-,12+/m1/s1. The monoisotopic (exact) mass is 202 g/mol. The Bertz CT molecular complexity index is 478. The van der Waals surface area contributed by atoms with Crippen LogP contribution in [0, 0.1) is 5.41 Å². The number of hydrogen-bond donors (Lipinski definition) is 0. The van der Waals surface area contributed by atoms with E-state index in [1.165, 1.54) is 6.92 Å². The van der Waals surface area contributed by atoms with Gasteiger partial charge >= 0.3 is 5.97 Å². The van der Waals surface area contributed by atoms with Crippen LogP contribution >= 0.6 is 0 Å². The van der Waals surface area contributed by atoms with Crippen LogP contribution in [0.5, 0.6) is 5.75 Å². The second kappa shape index (κ2) is 2.48. The van der Waals surface area contributed by atoms with E-state index in [0.717, 1.165) is 5.56 Å². The van der Waals surface area contributed by atoms with Crippen LogP contribution in [0.2, 0.25) is 0 Å². The zero-order valence-corrected chi connectivity index (χ0v) is 8.32. The number of carbonyl (C=O) groups excluding carboxylic acids is 2.